The van der Waals surface area contributed by atoms with E-state index in [1.54, 1.807) is 13.2 Å². The third kappa shape index (κ3) is 4.21. The van der Waals surface area contributed by atoms with Crippen molar-refractivity contribution in [3.05, 3.63) is 35.4 Å². The lowest BCUT2D eigenvalue weighted by Crippen LogP contribution is -2.36. The van der Waals surface area contributed by atoms with Gasteiger partial charge in [0.05, 0.1) is 11.7 Å². The maximum absolute atomic E-state index is 12.6. The average Bonchev–Trinajstić information content (AvgIpc) is 2.45. The van der Waals surface area contributed by atoms with Crippen LogP contribution in [0.15, 0.2) is 24.3 Å². The highest BCUT2D eigenvalue weighted by molar-refractivity contribution is 5.25. The number of rotatable bonds is 4. The molecule has 1 fully saturated rings. The van der Waals surface area contributed by atoms with Crippen LogP contribution >= 0.6 is 0 Å². The first kappa shape index (κ1) is 15.3. The van der Waals surface area contributed by atoms with Gasteiger partial charge in [0, 0.05) is 19.7 Å². The quantitative estimate of drug-likeness (QED) is 0.910. The van der Waals surface area contributed by atoms with Crippen molar-refractivity contribution in [2.75, 3.05) is 7.11 Å². The van der Waals surface area contributed by atoms with Gasteiger partial charge in [-0.15, -0.1) is 0 Å². The van der Waals surface area contributed by atoms with Crippen molar-refractivity contribution in [3.63, 3.8) is 0 Å². The smallest absolute Gasteiger partial charge is 0.381 e. The van der Waals surface area contributed by atoms with Gasteiger partial charge in [-0.25, -0.2) is 0 Å². The number of nitrogens with one attached hydrogen (secondary N) is 1. The molecule has 0 amide bonds. The predicted octanol–water partition coefficient (Wildman–Crippen LogP) is 3.75. The van der Waals surface area contributed by atoms with E-state index < -0.39 is 11.7 Å². The first-order valence-electron chi connectivity index (χ1n) is 6.91. The Morgan fingerprint density at radius 3 is 2.80 bits per heavy atom. The largest absolute Gasteiger partial charge is 0.416 e. The molecule has 1 aliphatic carbocycles. The molecule has 1 N–H and O–H groups in total. The van der Waals surface area contributed by atoms with Gasteiger partial charge < -0.3 is 10.1 Å². The fourth-order valence-corrected chi connectivity index (χ4v) is 2.66. The van der Waals surface area contributed by atoms with Crippen LogP contribution in [-0.4, -0.2) is 19.3 Å². The van der Waals surface area contributed by atoms with Crippen molar-refractivity contribution >= 4 is 0 Å². The Morgan fingerprint density at radius 1 is 1.30 bits per heavy atom. The average molecular weight is 287 g/mol. The monoisotopic (exact) mass is 287 g/mol. The highest BCUT2D eigenvalue weighted by atomic mass is 19.4. The summed E-state index contributed by atoms with van der Waals surface area (Å²) >= 11 is 0. The Kier molecular flexibility index (Phi) is 5.05. The summed E-state index contributed by atoms with van der Waals surface area (Å²) in [7, 11) is 1.71. The number of halogens is 3. The van der Waals surface area contributed by atoms with E-state index in [1.807, 2.05) is 0 Å². The van der Waals surface area contributed by atoms with Gasteiger partial charge in [-0.3, -0.25) is 0 Å². The van der Waals surface area contributed by atoms with Crippen LogP contribution in [0.5, 0.6) is 0 Å². The second-order valence-electron chi connectivity index (χ2n) is 5.30. The lowest BCUT2D eigenvalue weighted by molar-refractivity contribution is -0.137. The molecule has 0 radical (unpaired) electrons. The Hall–Kier alpha value is -1.07. The Balaban J connectivity index is 1.91. The van der Waals surface area contributed by atoms with Gasteiger partial charge in [-0.1, -0.05) is 18.2 Å². The number of methoxy groups -OCH3 is 1. The molecule has 2 rings (SSSR count). The molecular weight excluding hydrogens is 267 g/mol. The molecular formula is C15H20F3NO. The molecule has 0 aromatic heterocycles. The summed E-state index contributed by atoms with van der Waals surface area (Å²) in [6.45, 7) is 0.463. The Bertz CT molecular complexity index is 433. The van der Waals surface area contributed by atoms with Crippen molar-refractivity contribution in [1.29, 1.82) is 0 Å². The molecule has 2 unspecified atom stereocenters. The zero-order valence-corrected chi connectivity index (χ0v) is 11.5. The first-order valence-corrected chi connectivity index (χ1v) is 6.91. The maximum atomic E-state index is 12.6. The van der Waals surface area contributed by atoms with Gasteiger partial charge in [-0.2, -0.15) is 13.2 Å². The van der Waals surface area contributed by atoms with Crippen molar-refractivity contribution in [3.8, 4) is 0 Å². The van der Waals surface area contributed by atoms with E-state index in [2.05, 4.69) is 5.32 Å². The molecule has 5 heteroatoms. The van der Waals surface area contributed by atoms with Crippen LogP contribution in [0.4, 0.5) is 13.2 Å². The predicted molar refractivity (Wildman–Crippen MR) is 71.3 cm³/mol. The molecule has 0 heterocycles. The van der Waals surface area contributed by atoms with Crippen LogP contribution in [0.2, 0.25) is 0 Å². The minimum atomic E-state index is -4.28. The zero-order valence-electron chi connectivity index (χ0n) is 11.5. The van der Waals surface area contributed by atoms with Gasteiger partial charge in [0.15, 0.2) is 0 Å². The fourth-order valence-electron chi connectivity index (χ4n) is 2.66. The summed E-state index contributed by atoms with van der Waals surface area (Å²) in [5, 5.41) is 3.33. The molecule has 1 aromatic rings. The van der Waals surface area contributed by atoms with Crippen LogP contribution in [-0.2, 0) is 17.5 Å². The summed E-state index contributed by atoms with van der Waals surface area (Å²) in [5.41, 5.74) is 0.0783. The van der Waals surface area contributed by atoms with E-state index in [1.165, 1.54) is 12.1 Å². The molecule has 0 bridgehead atoms. The van der Waals surface area contributed by atoms with Gasteiger partial charge in [0.25, 0.3) is 0 Å². The molecule has 0 aliphatic heterocycles. The third-order valence-corrected chi connectivity index (χ3v) is 3.81. The molecule has 20 heavy (non-hydrogen) atoms. The number of benzene rings is 1. The van der Waals surface area contributed by atoms with E-state index in [0.29, 0.717) is 18.2 Å². The van der Waals surface area contributed by atoms with Crippen LogP contribution in [0.1, 0.15) is 36.8 Å². The number of alkyl halides is 3. The highest BCUT2D eigenvalue weighted by Crippen LogP contribution is 2.29. The Morgan fingerprint density at radius 2 is 2.10 bits per heavy atom. The number of hydrogen-bond acceptors (Lipinski definition) is 2. The maximum Gasteiger partial charge on any atom is 0.416 e. The molecule has 1 saturated carbocycles. The van der Waals surface area contributed by atoms with Crippen molar-refractivity contribution < 1.29 is 17.9 Å². The second-order valence-corrected chi connectivity index (χ2v) is 5.30. The van der Waals surface area contributed by atoms with Gasteiger partial charge in [0.1, 0.15) is 0 Å². The van der Waals surface area contributed by atoms with Crippen LogP contribution in [0.3, 0.4) is 0 Å². The summed E-state index contributed by atoms with van der Waals surface area (Å²) < 4.78 is 43.2. The van der Waals surface area contributed by atoms with E-state index in [-0.39, 0.29) is 6.10 Å². The van der Waals surface area contributed by atoms with Crippen molar-refractivity contribution in [2.45, 2.75) is 50.6 Å². The molecule has 1 aliphatic rings. The van der Waals surface area contributed by atoms with Crippen LogP contribution < -0.4 is 5.32 Å². The van der Waals surface area contributed by atoms with Crippen molar-refractivity contribution in [2.24, 2.45) is 0 Å². The topological polar surface area (TPSA) is 21.3 Å². The van der Waals surface area contributed by atoms with Gasteiger partial charge in [0.2, 0.25) is 0 Å². The Labute approximate surface area is 117 Å². The standard InChI is InChI=1S/C15H20F3NO/c1-20-14-7-3-6-13(9-14)19-10-11-4-2-5-12(8-11)15(16,17)18/h2,4-5,8,13-14,19H,3,6-7,9-10H2,1H3. The summed E-state index contributed by atoms with van der Waals surface area (Å²) in [6, 6.07) is 5.81. The fraction of sp³-hybridized carbons (Fsp3) is 0.600. The number of hydrogen-bond donors (Lipinski definition) is 1. The molecule has 1 aromatic carbocycles. The third-order valence-electron chi connectivity index (χ3n) is 3.81. The zero-order chi connectivity index (χ0) is 14.6. The van der Waals surface area contributed by atoms with Gasteiger partial charge in [-0.05, 0) is 37.3 Å². The summed E-state index contributed by atoms with van der Waals surface area (Å²) in [6.07, 6.45) is 0.135. The minimum Gasteiger partial charge on any atom is -0.381 e. The minimum absolute atomic E-state index is 0.266. The lowest BCUT2D eigenvalue weighted by Gasteiger charge is -2.29. The highest BCUT2D eigenvalue weighted by Gasteiger charge is 2.30. The molecule has 2 atom stereocenters. The van der Waals surface area contributed by atoms with Crippen LogP contribution in [0.25, 0.3) is 0 Å². The molecule has 0 saturated heterocycles. The van der Waals surface area contributed by atoms with Crippen molar-refractivity contribution in [1.82, 2.24) is 5.32 Å². The van der Waals surface area contributed by atoms with Crippen LogP contribution in [0, 0.1) is 0 Å². The van der Waals surface area contributed by atoms with E-state index >= 15 is 0 Å². The SMILES string of the molecule is COC1CCCC(NCc2cccc(C(F)(F)F)c2)C1. The summed E-state index contributed by atoms with van der Waals surface area (Å²) in [4.78, 5) is 0. The lowest BCUT2D eigenvalue weighted by atomic mass is 9.92. The second kappa shape index (κ2) is 6.59. The normalized spacial score (nSPS) is 23.8. The van der Waals surface area contributed by atoms with E-state index in [4.69, 9.17) is 4.74 Å². The summed E-state index contributed by atoms with van der Waals surface area (Å²) in [5.74, 6) is 0. The van der Waals surface area contributed by atoms with E-state index in [9.17, 15) is 13.2 Å². The van der Waals surface area contributed by atoms with Gasteiger partial charge >= 0.3 is 6.18 Å². The molecule has 0 spiro atoms. The molecule has 2 nitrogen and oxygen atoms in total. The van der Waals surface area contributed by atoms with E-state index in [0.717, 1.165) is 31.7 Å². The first-order chi connectivity index (χ1) is 9.49. The number of ether oxygens (including phenoxy) is 1. The molecule has 112 valence electrons.